The van der Waals surface area contributed by atoms with Crippen LogP contribution in [0.1, 0.15) is 0 Å². The fraction of sp³-hybridized carbons (Fsp3) is 0.312. The lowest BCUT2D eigenvalue weighted by Crippen LogP contribution is -2.50. The smallest absolute Gasteiger partial charge is 0.387 e. The van der Waals surface area contributed by atoms with Gasteiger partial charge < -0.3 is 14.2 Å². The Kier molecular flexibility index (Phi) is 4.48. The van der Waals surface area contributed by atoms with Crippen molar-refractivity contribution in [3.8, 4) is 10.8 Å². The van der Waals surface area contributed by atoms with E-state index in [1.807, 2.05) is 22.4 Å². The maximum absolute atomic E-state index is 12.5. The van der Waals surface area contributed by atoms with Gasteiger partial charge in [0.15, 0.2) is 0 Å². The van der Waals surface area contributed by atoms with Crippen LogP contribution in [-0.4, -0.2) is 56.7 Å². The molecule has 0 bridgehead atoms. The molecule has 3 aromatic heterocycles. The van der Waals surface area contributed by atoms with Crippen molar-refractivity contribution in [3.05, 3.63) is 46.5 Å². The standard InChI is InChI=1S/C16H16N6O3S/c23-13(11-22-16(24)25-14(19-22)12-3-1-10-26-12)20-6-8-21(9-7-20)15-17-4-2-5-18-15/h1-5,10H,6-9,11H2. The molecule has 3 aromatic rings. The highest BCUT2D eigenvalue weighted by atomic mass is 32.1. The first kappa shape index (κ1) is 16.5. The molecule has 0 aromatic carbocycles. The van der Waals surface area contributed by atoms with E-state index in [0.29, 0.717) is 32.1 Å². The highest BCUT2D eigenvalue weighted by molar-refractivity contribution is 7.13. The molecular weight excluding hydrogens is 356 g/mol. The number of hydrogen-bond donors (Lipinski definition) is 0. The molecule has 1 aliphatic rings. The maximum Gasteiger partial charge on any atom is 0.437 e. The summed E-state index contributed by atoms with van der Waals surface area (Å²) in [4.78, 5) is 37.4. The molecule has 134 valence electrons. The summed E-state index contributed by atoms with van der Waals surface area (Å²) in [5.74, 6) is 0.113. The van der Waals surface area contributed by atoms with Crippen LogP contribution < -0.4 is 10.7 Å². The number of amides is 1. The van der Waals surface area contributed by atoms with E-state index < -0.39 is 5.76 Å². The molecule has 26 heavy (non-hydrogen) atoms. The van der Waals surface area contributed by atoms with Gasteiger partial charge in [0.05, 0.1) is 4.88 Å². The van der Waals surface area contributed by atoms with E-state index in [1.165, 1.54) is 11.3 Å². The first-order valence-corrected chi connectivity index (χ1v) is 9.00. The van der Waals surface area contributed by atoms with E-state index >= 15 is 0 Å². The number of anilines is 1. The Morgan fingerprint density at radius 1 is 1.15 bits per heavy atom. The van der Waals surface area contributed by atoms with Gasteiger partial charge in [-0.3, -0.25) is 4.79 Å². The zero-order valence-corrected chi connectivity index (χ0v) is 14.6. The van der Waals surface area contributed by atoms with Crippen molar-refractivity contribution in [2.24, 2.45) is 0 Å². The SMILES string of the molecule is O=C(Cn1nc(-c2cccs2)oc1=O)N1CCN(c2ncccn2)CC1. The molecule has 1 fully saturated rings. The third kappa shape index (κ3) is 3.36. The van der Waals surface area contributed by atoms with Crippen molar-refractivity contribution in [2.45, 2.75) is 6.54 Å². The van der Waals surface area contributed by atoms with Crippen molar-refractivity contribution in [1.82, 2.24) is 24.6 Å². The number of rotatable bonds is 4. The third-order valence-corrected chi connectivity index (χ3v) is 4.95. The highest BCUT2D eigenvalue weighted by Crippen LogP contribution is 2.21. The minimum atomic E-state index is -0.627. The number of piperazine rings is 1. The fourth-order valence-corrected chi connectivity index (χ4v) is 3.39. The molecule has 10 heteroatoms. The van der Waals surface area contributed by atoms with Crippen LogP contribution in [0.5, 0.6) is 0 Å². The van der Waals surface area contributed by atoms with Gasteiger partial charge in [0.2, 0.25) is 11.9 Å². The van der Waals surface area contributed by atoms with Gasteiger partial charge in [-0.25, -0.2) is 14.8 Å². The Balaban J connectivity index is 1.38. The second kappa shape index (κ2) is 7.08. The van der Waals surface area contributed by atoms with E-state index in [9.17, 15) is 9.59 Å². The summed E-state index contributed by atoms with van der Waals surface area (Å²) in [6, 6.07) is 5.43. The molecule has 0 atom stereocenters. The predicted molar refractivity (Wildman–Crippen MR) is 94.9 cm³/mol. The molecule has 0 unspecified atom stereocenters. The lowest BCUT2D eigenvalue weighted by molar-refractivity contribution is -0.132. The second-order valence-corrected chi connectivity index (χ2v) is 6.67. The number of carbonyl (C=O) groups is 1. The molecular formula is C16H16N6O3S. The average Bonchev–Trinajstić information content (AvgIpc) is 3.33. The molecule has 0 saturated carbocycles. The van der Waals surface area contributed by atoms with Crippen molar-refractivity contribution in [1.29, 1.82) is 0 Å². The molecule has 4 heterocycles. The summed E-state index contributed by atoms with van der Waals surface area (Å²) < 4.78 is 6.21. The highest BCUT2D eigenvalue weighted by Gasteiger charge is 2.24. The maximum atomic E-state index is 12.5. The molecule has 9 nitrogen and oxygen atoms in total. The number of aromatic nitrogens is 4. The first-order chi connectivity index (χ1) is 12.7. The van der Waals surface area contributed by atoms with Crippen LogP contribution in [0.4, 0.5) is 5.95 Å². The summed E-state index contributed by atoms with van der Waals surface area (Å²) in [5, 5.41) is 5.99. The van der Waals surface area contributed by atoms with Crippen LogP contribution in [0.3, 0.4) is 0 Å². The molecule has 1 saturated heterocycles. The topological polar surface area (TPSA) is 97.4 Å². The molecule has 1 amide bonds. The van der Waals surface area contributed by atoms with E-state index in [-0.39, 0.29) is 18.3 Å². The van der Waals surface area contributed by atoms with Gasteiger partial charge in [-0.2, -0.15) is 4.68 Å². The summed E-state index contributed by atoms with van der Waals surface area (Å²) in [5.41, 5.74) is 0. The lowest BCUT2D eigenvalue weighted by atomic mass is 10.3. The average molecular weight is 372 g/mol. The van der Waals surface area contributed by atoms with Gasteiger partial charge >= 0.3 is 5.76 Å². The number of thiophene rings is 1. The number of carbonyl (C=O) groups excluding carboxylic acids is 1. The first-order valence-electron chi connectivity index (χ1n) is 8.12. The van der Waals surface area contributed by atoms with E-state index in [0.717, 1.165) is 9.56 Å². The Hall–Kier alpha value is -3.01. The molecule has 1 aliphatic heterocycles. The normalized spacial score (nSPS) is 14.6. The van der Waals surface area contributed by atoms with Crippen molar-refractivity contribution < 1.29 is 9.21 Å². The monoisotopic (exact) mass is 372 g/mol. The second-order valence-electron chi connectivity index (χ2n) is 5.72. The van der Waals surface area contributed by atoms with Crippen LogP contribution in [0.25, 0.3) is 10.8 Å². The van der Waals surface area contributed by atoms with E-state index in [2.05, 4.69) is 15.1 Å². The zero-order valence-electron chi connectivity index (χ0n) is 13.8. The molecule has 0 aliphatic carbocycles. The minimum Gasteiger partial charge on any atom is -0.387 e. The van der Waals surface area contributed by atoms with Gasteiger partial charge in [0.1, 0.15) is 6.54 Å². The van der Waals surface area contributed by atoms with Gasteiger partial charge in [0.25, 0.3) is 5.89 Å². The van der Waals surface area contributed by atoms with Crippen molar-refractivity contribution >= 4 is 23.2 Å². The number of hydrogen-bond acceptors (Lipinski definition) is 8. The molecule has 0 radical (unpaired) electrons. The van der Waals surface area contributed by atoms with Gasteiger partial charge in [-0.1, -0.05) is 6.07 Å². The number of nitrogens with zero attached hydrogens (tertiary/aromatic N) is 6. The minimum absolute atomic E-state index is 0.129. The Morgan fingerprint density at radius 2 is 1.92 bits per heavy atom. The van der Waals surface area contributed by atoms with Crippen LogP contribution >= 0.6 is 11.3 Å². The van der Waals surface area contributed by atoms with Crippen LogP contribution in [0.15, 0.2) is 45.2 Å². The summed E-state index contributed by atoms with van der Waals surface area (Å²) in [6.07, 6.45) is 3.39. The third-order valence-electron chi connectivity index (χ3n) is 4.09. The van der Waals surface area contributed by atoms with E-state index in [4.69, 9.17) is 4.42 Å². The predicted octanol–water partition coefficient (Wildman–Crippen LogP) is 0.704. The molecule has 0 spiro atoms. The Morgan fingerprint density at radius 3 is 2.62 bits per heavy atom. The van der Waals surface area contributed by atoms with Gasteiger partial charge in [0, 0.05) is 38.6 Å². The Labute approximate surface area is 152 Å². The van der Waals surface area contributed by atoms with Crippen molar-refractivity contribution in [2.75, 3.05) is 31.1 Å². The fourth-order valence-electron chi connectivity index (χ4n) is 2.74. The summed E-state index contributed by atoms with van der Waals surface area (Å²) in [6.45, 7) is 2.24. The van der Waals surface area contributed by atoms with Crippen LogP contribution in [-0.2, 0) is 11.3 Å². The van der Waals surface area contributed by atoms with Crippen LogP contribution in [0.2, 0.25) is 0 Å². The van der Waals surface area contributed by atoms with Crippen LogP contribution in [0, 0.1) is 0 Å². The lowest BCUT2D eigenvalue weighted by Gasteiger charge is -2.34. The van der Waals surface area contributed by atoms with Gasteiger partial charge in [-0.05, 0) is 17.5 Å². The van der Waals surface area contributed by atoms with E-state index in [1.54, 1.807) is 23.4 Å². The summed E-state index contributed by atoms with van der Waals surface area (Å²) in [7, 11) is 0. The summed E-state index contributed by atoms with van der Waals surface area (Å²) >= 11 is 1.42. The Bertz CT molecular complexity index is 929. The quantitative estimate of drug-likeness (QED) is 0.665. The molecule has 4 rings (SSSR count). The largest absolute Gasteiger partial charge is 0.437 e. The van der Waals surface area contributed by atoms with Crippen molar-refractivity contribution in [3.63, 3.8) is 0 Å². The van der Waals surface area contributed by atoms with Gasteiger partial charge in [-0.15, -0.1) is 16.4 Å². The zero-order chi connectivity index (χ0) is 17.9. The molecule has 0 N–H and O–H groups in total.